The summed E-state index contributed by atoms with van der Waals surface area (Å²) in [6.45, 7) is 1.84. The Morgan fingerprint density at radius 1 is 1.27 bits per heavy atom. The van der Waals surface area contributed by atoms with Crippen molar-refractivity contribution in [2.24, 2.45) is 0 Å². The summed E-state index contributed by atoms with van der Waals surface area (Å²) in [7, 11) is 0. The molecule has 6 heteroatoms. The first-order chi connectivity index (χ1) is 10.5. The molecule has 2 rings (SSSR count). The molecule has 0 fully saturated rings. The van der Waals surface area contributed by atoms with Gasteiger partial charge in [-0.25, -0.2) is 0 Å². The van der Waals surface area contributed by atoms with Gasteiger partial charge < -0.3 is 5.32 Å². The number of nitrogens with zero attached hydrogens (tertiary/aromatic N) is 1. The molecule has 2 aromatic carbocycles. The molecular formula is C16H15ClN2O3. The lowest BCUT2D eigenvalue weighted by Crippen LogP contribution is -2.28. The van der Waals surface area contributed by atoms with Gasteiger partial charge in [0.15, 0.2) is 0 Å². The van der Waals surface area contributed by atoms with Crippen molar-refractivity contribution in [2.45, 2.75) is 19.4 Å². The summed E-state index contributed by atoms with van der Waals surface area (Å²) in [5.74, 6) is -0.276. The zero-order valence-electron chi connectivity index (χ0n) is 12.0. The van der Waals surface area contributed by atoms with Crippen LogP contribution in [0.25, 0.3) is 0 Å². The number of rotatable bonds is 5. The normalized spacial score (nSPS) is 11.7. The molecule has 0 spiro atoms. The molecule has 114 valence electrons. The molecule has 0 aromatic heterocycles. The molecule has 0 aliphatic carbocycles. The maximum absolute atomic E-state index is 12.1. The van der Waals surface area contributed by atoms with E-state index in [4.69, 9.17) is 11.6 Å². The number of halogens is 1. The van der Waals surface area contributed by atoms with Crippen molar-refractivity contribution in [1.82, 2.24) is 5.32 Å². The van der Waals surface area contributed by atoms with Crippen molar-refractivity contribution in [1.29, 1.82) is 0 Å². The van der Waals surface area contributed by atoms with E-state index in [-0.39, 0.29) is 24.1 Å². The molecular weight excluding hydrogens is 304 g/mol. The van der Waals surface area contributed by atoms with Crippen molar-refractivity contribution in [2.75, 3.05) is 0 Å². The lowest BCUT2D eigenvalue weighted by molar-refractivity contribution is -0.385. The van der Waals surface area contributed by atoms with E-state index < -0.39 is 4.92 Å². The zero-order chi connectivity index (χ0) is 16.1. The summed E-state index contributed by atoms with van der Waals surface area (Å²) < 4.78 is 0. The number of hydrogen-bond donors (Lipinski definition) is 1. The Morgan fingerprint density at radius 3 is 2.68 bits per heavy atom. The molecule has 2 aromatic rings. The van der Waals surface area contributed by atoms with Crippen molar-refractivity contribution in [3.63, 3.8) is 0 Å². The fourth-order valence-corrected chi connectivity index (χ4v) is 2.36. The monoisotopic (exact) mass is 318 g/mol. The van der Waals surface area contributed by atoms with Crippen LogP contribution in [0, 0.1) is 10.1 Å². The maximum atomic E-state index is 12.1. The van der Waals surface area contributed by atoms with E-state index in [2.05, 4.69) is 5.32 Å². The Labute approximate surface area is 133 Å². The van der Waals surface area contributed by atoms with Gasteiger partial charge in [0.2, 0.25) is 5.91 Å². The second kappa shape index (κ2) is 7.04. The molecule has 0 heterocycles. The summed E-state index contributed by atoms with van der Waals surface area (Å²) in [5.41, 5.74) is 1.22. The molecule has 0 saturated carbocycles. The first kappa shape index (κ1) is 16.0. The Kier molecular flexibility index (Phi) is 5.12. The van der Waals surface area contributed by atoms with E-state index in [1.165, 1.54) is 6.07 Å². The van der Waals surface area contributed by atoms with E-state index in [1.54, 1.807) is 30.3 Å². The number of para-hydroxylation sites is 1. The fraction of sp³-hybridized carbons (Fsp3) is 0.188. The van der Waals surface area contributed by atoms with Gasteiger partial charge >= 0.3 is 0 Å². The van der Waals surface area contributed by atoms with Crippen LogP contribution in [0.3, 0.4) is 0 Å². The summed E-state index contributed by atoms with van der Waals surface area (Å²) in [4.78, 5) is 22.5. The van der Waals surface area contributed by atoms with Gasteiger partial charge in [0.25, 0.3) is 5.69 Å². The molecule has 1 N–H and O–H groups in total. The Bertz CT molecular complexity index is 703. The van der Waals surface area contributed by atoms with Crippen LogP contribution in [-0.4, -0.2) is 10.8 Å². The number of benzene rings is 2. The van der Waals surface area contributed by atoms with E-state index in [9.17, 15) is 14.9 Å². The standard InChI is InChI=1S/C16H15ClN2O3/c1-11(12-6-4-7-14(17)9-12)18-16(20)10-13-5-2-3-8-15(13)19(21)22/h2-9,11H,10H2,1H3,(H,18,20). The molecule has 1 atom stereocenters. The van der Waals surface area contributed by atoms with E-state index in [0.29, 0.717) is 10.6 Å². The molecule has 22 heavy (non-hydrogen) atoms. The highest BCUT2D eigenvalue weighted by Crippen LogP contribution is 2.20. The number of nitrogens with one attached hydrogen (secondary N) is 1. The second-order valence-electron chi connectivity index (χ2n) is 4.91. The van der Waals surface area contributed by atoms with E-state index >= 15 is 0 Å². The van der Waals surface area contributed by atoms with Gasteiger partial charge in [0, 0.05) is 16.7 Å². The van der Waals surface area contributed by atoms with Gasteiger partial charge in [0.05, 0.1) is 17.4 Å². The average Bonchev–Trinajstić information content (AvgIpc) is 2.47. The number of amides is 1. The molecule has 1 amide bonds. The highest BCUT2D eigenvalue weighted by molar-refractivity contribution is 6.30. The number of nitro benzene ring substituents is 1. The Hall–Kier alpha value is -2.40. The first-order valence-corrected chi connectivity index (χ1v) is 7.12. The minimum absolute atomic E-state index is 0.0396. The first-order valence-electron chi connectivity index (χ1n) is 6.74. The summed E-state index contributed by atoms with van der Waals surface area (Å²) in [6.07, 6.45) is -0.0396. The Balaban J connectivity index is 2.06. The third-order valence-corrected chi connectivity index (χ3v) is 3.50. The van der Waals surface area contributed by atoms with E-state index in [0.717, 1.165) is 5.56 Å². The molecule has 1 unspecified atom stereocenters. The zero-order valence-corrected chi connectivity index (χ0v) is 12.7. The number of carbonyl (C=O) groups excluding carboxylic acids is 1. The van der Waals surface area contributed by atoms with Crippen LogP contribution in [0.15, 0.2) is 48.5 Å². The van der Waals surface area contributed by atoms with Crippen LogP contribution in [0.5, 0.6) is 0 Å². The van der Waals surface area contributed by atoms with E-state index in [1.807, 2.05) is 19.1 Å². The van der Waals surface area contributed by atoms with Crippen LogP contribution in [0.2, 0.25) is 5.02 Å². The number of carbonyl (C=O) groups is 1. The van der Waals surface area contributed by atoms with Gasteiger partial charge in [-0.15, -0.1) is 0 Å². The predicted molar refractivity (Wildman–Crippen MR) is 84.8 cm³/mol. The summed E-state index contributed by atoms with van der Waals surface area (Å²) in [5, 5.41) is 14.4. The lowest BCUT2D eigenvalue weighted by atomic mass is 10.1. The smallest absolute Gasteiger partial charge is 0.273 e. The van der Waals surface area contributed by atoms with Gasteiger partial charge in [-0.1, -0.05) is 41.9 Å². The molecule has 0 aliphatic rings. The molecule has 5 nitrogen and oxygen atoms in total. The van der Waals surface area contributed by atoms with Crippen LogP contribution >= 0.6 is 11.6 Å². The maximum Gasteiger partial charge on any atom is 0.273 e. The molecule has 0 aliphatic heterocycles. The van der Waals surface area contributed by atoms with Crippen molar-refractivity contribution in [3.8, 4) is 0 Å². The fourth-order valence-electron chi connectivity index (χ4n) is 2.16. The third-order valence-electron chi connectivity index (χ3n) is 3.27. The molecule has 0 saturated heterocycles. The van der Waals surface area contributed by atoms with Gasteiger partial charge in [-0.2, -0.15) is 0 Å². The Morgan fingerprint density at radius 2 is 2.00 bits per heavy atom. The second-order valence-corrected chi connectivity index (χ2v) is 5.34. The summed E-state index contributed by atoms with van der Waals surface area (Å²) >= 11 is 5.92. The largest absolute Gasteiger partial charge is 0.349 e. The highest BCUT2D eigenvalue weighted by atomic mass is 35.5. The van der Waals surface area contributed by atoms with Crippen LogP contribution < -0.4 is 5.32 Å². The SMILES string of the molecule is CC(NC(=O)Cc1ccccc1[N+](=O)[O-])c1cccc(Cl)c1. The number of nitro groups is 1. The summed E-state index contributed by atoms with van der Waals surface area (Å²) in [6, 6.07) is 13.2. The minimum Gasteiger partial charge on any atom is -0.349 e. The van der Waals surface area contributed by atoms with Crippen LogP contribution in [0.1, 0.15) is 24.1 Å². The molecule has 0 bridgehead atoms. The third kappa shape index (κ3) is 4.05. The topological polar surface area (TPSA) is 72.2 Å². The van der Waals surface area contributed by atoms with Gasteiger partial charge in [-0.3, -0.25) is 14.9 Å². The van der Waals surface area contributed by atoms with Crippen LogP contribution in [-0.2, 0) is 11.2 Å². The van der Waals surface area contributed by atoms with Gasteiger partial charge in [0.1, 0.15) is 0 Å². The van der Waals surface area contributed by atoms with Crippen molar-refractivity contribution < 1.29 is 9.72 Å². The predicted octanol–water partition coefficient (Wildman–Crippen LogP) is 3.67. The van der Waals surface area contributed by atoms with Crippen molar-refractivity contribution in [3.05, 3.63) is 74.8 Å². The van der Waals surface area contributed by atoms with Crippen LogP contribution in [0.4, 0.5) is 5.69 Å². The minimum atomic E-state index is -0.483. The quantitative estimate of drug-likeness (QED) is 0.675. The van der Waals surface area contributed by atoms with Gasteiger partial charge in [-0.05, 0) is 24.6 Å². The molecule has 0 radical (unpaired) electrons. The lowest BCUT2D eigenvalue weighted by Gasteiger charge is -2.14. The highest BCUT2D eigenvalue weighted by Gasteiger charge is 2.17. The number of hydrogen-bond acceptors (Lipinski definition) is 3. The average molecular weight is 319 g/mol. The van der Waals surface area contributed by atoms with Crippen molar-refractivity contribution >= 4 is 23.2 Å².